The van der Waals surface area contributed by atoms with Crippen molar-refractivity contribution in [2.45, 2.75) is 4.90 Å². The van der Waals surface area contributed by atoms with E-state index in [1.54, 1.807) is 17.5 Å². The fourth-order valence-electron chi connectivity index (χ4n) is 1.54. The van der Waals surface area contributed by atoms with Gasteiger partial charge in [0.1, 0.15) is 15.9 Å². The van der Waals surface area contributed by atoms with Crippen molar-refractivity contribution in [2.24, 2.45) is 0 Å². The Labute approximate surface area is 127 Å². The minimum absolute atomic E-state index is 0.0427. The third kappa shape index (κ3) is 3.47. The summed E-state index contributed by atoms with van der Waals surface area (Å²) in [4.78, 5) is 23.0. The quantitative estimate of drug-likeness (QED) is 0.823. The lowest BCUT2D eigenvalue weighted by atomic mass is 10.2. The Morgan fingerprint density at radius 1 is 1.33 bits per heavy atom. The molecule has 2 N–H and O–H groups in total. The van der Waals surface area contributed by atoms with E-state index in [1.165, 1.54) is 25.3 Å². The van der Waals surface area contributed by atoms with Gasteiger partial charge >= 0.3 is 11.9 Å². The van der Waals surface area contributed by atoms with E-state index >= 15 is 0 Å². The maximum Gasteiger partial charge on any atom is 0.350 e. The largest absolute Gasteiger partial charge is 0.478 e. The molecule has 6 nitrogen and oxygen atoms in total. The summed E-state index contributed by atoms with van der Waals surface area (Å²) in [7, 11) is -0.420. The molecule has 1 atom stereocenters. The lowest BCUT2D eigenvalue weighted by molar-refractivity contribution is 0.0606. The van der Waals surface area contributed by atoms with Crippen molar-refractivity contribution in [2.75, 3.05) is 11.8 Å². The van der Waals surface area contributed by atoms with E-state index in [1.807, 2.05) is 0 Å². The highest BCUT2D eigenvalue weighted by Gasteiger charge is 2.16. The second-order valence-corrected chi connectivity index (χ2v) is 5.99. The summed E-state index contributed by atoms with van der Waals surface area (Å²) in [5, 5.41) is 10.6. The normalized spacial score (nSPS) is 11.7. The predicted molar refractivity (Wildman–Crippen MR) is 79.1 cm³/mol. The van der Waals surface area contributed by atoms with Gasteiger partial charge < -0.3 is 9.84 Å². The topological polar surface area (TPSA) is 92.7 Å². The number of thiophene rings is 1. The molecule has 0 spiro atoms. The molecule has 0 bridgehead atoms. The van der Waals surface area contributed by atoms with Crippen molar-refractivity contribution >= 4 is 39.9 Å². The van der Waals surface area contributed by atoms with E-state index in [0.29, 0.717) is 15.5 Å². The maximum atomic E-state index is 12.2. The highest BCUT2D eigenvalue weighted by Crippen LogP contribution is 2.24. The Balaban J connectivity index is 2.23. The summed E-state index contributed by atoms with van der Waals surface area (Å²) in [5.41, 5.74) is 0.423. The van der Waals surface area contributed by atoms with Gasteiger partial charge in [0.2, 0.25) is 0 Å². The number of ether oxygens (including phenoxy) is 1. The summed E-state index contributed by atoms with van der Waals surface area (Å²) in [5.74, 6) is -1.62. The van der Waals surface area contributed by atoms with Crippen LogP contribution < -0.4 is 4.72 Å². The van der Waals surface area contributed by atoms with Gasteiger partial charge in [0.15, 0.2) is 0 Å². The Kier molecular flexibility index (Phi) is 4.71. The smallest absolute Gasteiger partial charge is 0.350 e. The number of carboxylic acids is 1. The molecule has 0 fully saturated rings. The number of rotatable bonds is 5. The Morgan fingerprint density at radius 3 is 2.76 bits per heavy atom. The van der Waals surface area contributed by atoms with Crippen molar-refractivity contribution in [1.82, 2.24) is 0 Å². The van der Waals surface area contributed by atoms with Gasteiger partial charge in [0, 0.05) is 0 Å². The first-order chi connectivity index (χ1) is 10.0. The number of anilines is 1. The second kappa shape index (κ2) is 6.51. The average Bonchev–Trinajstić information content (AvgIpc) is 2.94. The van der Waals surface area contributed by atoms with Gasteiger partial charge in [-0.1, -0.05) is 6.07 Å². The maximum absolute atomic E-state index is 12.2. The molecule has 21 heavy (non-hydrogen) atoms. The monoisotopic (exact) mass is 325 g/mol. The Bertz CT molecular complexity index is 710. The van der Waals surface area contributed by atoms with Crippen LogP contribution in [-0.2, 0) is 15.7 Å². The third-order valence-electron chi connectivity index (χ3n) is 2.53. The average molecular weight is 325 g/mol. The van der Waals surface area contributed by atoms with Crippen LogP contribution in [0.15, 0.2) is 40.6 Å². The van der Waals surface area contributed by atoms with Crippen LogP contribution in [-0.4, -0.2) is 28.4 Å². The molecule has 2 rings (SSSR count). The number of aromatic carboxylic acids is 1. The standard InChI is InChI=1S/C13H11NO5S2/c1-19-13(17)11-10(5-6-20-11)14-21(18)9-4-2-3-8(7-9)12(15)16/h2-7,14H,1H3,(H,15,16). The zero-order valence-corrected chi connectivity index (χ0v) is 12.5. The summed E-state index contributed by atoms with van der Waals surface area (Å²) in [6, 6.07) is 7.38. The van der Waals surface area contributed by atoms with Gasteiger partial charge in [-0.05, 0) is 29.6 Å². The van der Waals surface area contributed by atoms with Crippen molar-refractivity contribution < 1.29 is 23.6 Å². The molecule has 0 aliphatic carbocycles. The first-order valence-electron chi connectivity index (χ1n) is 5.70. The van der Waals surface area contributed by atoms with Crippen LogP contribution in [0, 0.1) is 0 Å². The highest BCUT2D eigenvalue weighted by atomic mass is 32.2. The first kappa shape index (κ1) is 15.2. The fraction of sp³-hybridized carbons (Fsp3) is 0.0769. The number of methoxy groups -OCH3 is 1. The molecule has 8 heteroatoms. The number of carbonyl (C=O) groups is 2. The van der Waals surface area contributed by atoms with Crippen LogP contribution >= 0.6 is 11.3 Å². The van der Waals surface area contributed by atoms with Gasteiger partial charge in [-0.15, -0.1) is 11.3 Å². The molecule has 1 heterocycles. The molecule has 1 aromatic carbocycles. The van der Waals surface area contributed by atoms with Crippen LogP contribution in [0.4, 0.5) is 5.69 Å². The van der Waals surface area contributed by atoms with E-state index in [0.717, 1.165) is 11.3 Å². The zero-order valence-electron chi connectivity index (χ0n) is 10.9. The van der Waals surface area contributed by atoms with Gasteiger partial charge in [0.05, 0.1) is 23.3 Å². The molecule has 110 valence electrons. The lowest BCUT2D eigenvalue weighted by Crippen LogP contribution is -2.09. The predicted octanol–water partition coefficient (Wildman–Crippen LogP) is 2.37. The highest BCUT2D eigenvalue weighted by molar-refractivity contribution is 7.86. The van der Waals surface area contributed by atoms with E-state index in [9.17, 15) is 13.8 Å². The second-order valence-electron chi connectivity index (χ2n) is 3.86. The van der Waals surface area contributed by atoms with Crippen LogP contribution in [0.5, 0.6) is 0 Å². The molecule has 1 aromatic heterocycles. The Hall–Kier alpha value is -2.19. The molecular weight excluding hydrogens is 314 g/mol. The molecule has 0 amide bonds. The van der Waals surface area contributed by atoms with E-state index in [2.05, 4.69) is 9.46 Å². The summed E-state index contributed by atoms with van der Waals surface area (Å²) >= 11 is 1.16. The molecule has 1 unspecified atom stereocenters. The van der Waals surface area contributed by atoms with Crippen molar-refractivity contribution in [3.8, 4) is 0 Å². The van der Waals surface area contributed by atoms with E-state index in [4.69, 9.17) is 5.11 Å². The SMILES string of the molecule is COC(=O)c1sccc1NS(=O)c1cccc(C(=O)O)c1. The van der Waals surface area contributed by atoms with Crippen LogP contribution in [0.3, 0.4) is 0 Å². The van der Waals surface area contributed by atoms with Crippen molar-refractivity contribution in [3.63, 3.8) is 0 Å². The van der Waals surface area contributed by atoms with Gasteiger partial charge in [-0.2, -0.15) is 0 Å². The minimum atomic E-state index is -1.68. The van der Waals surface area contributed by atoms with Gasteiger partial charge in [-0.3, -0.25) is 4.72 Å². The summed E-state index contributed by atoms with van der Waals surface area (Å²) in [6.07, 6.45) is 0. The first-order valence-corrected chi connectivity index (χ1v) is 7.73. The third-order valence-corrected chi connectivity index (χ3v) is 4.52. The minimum Gasteiger partial charge on any atom is -0.478 e. The number of carbonyl (C=O) groups excluding carboxylic acids is 1. The molecule has 0 saturated heterocycles. The number of nitrogens with one attached hydrogen (secondary N) is 1. The summed E-state index contributed by atoms with van der Waals surface area (Å²) < 4.78 is 19.5. The molecule has 0 radical (unpaired) electrons. The summed E-state index contributed by atoms with van der Waals surface area (Å²) in [6.45, 7) is 0. The number of hydrogen-bond donors (Lipinski definition) is 2. The molecule has 2 aromatic rings. The van der Waals surface area contributed by atoms with Crippen molar-refractivity contribution in [1.29, 1.82) is 0 Å². The number of benzene rings is 1. The number of hydrogen-bond acceptors (Lipinski definition) is 5. The lowest BCUT2D eigenvalue weighted by Gasteiger charge is -2.07. The van der Waals surface area contributed by atoms with E-state index < -0.39 is 22.9 Å². The van der Waals surface area contributed by atoms with Crippen molar-refractivity contribution in [3.05, 3.63) is 46.2 Å². The Morgan fingerprint density at radius 2 is 2.10 bits per heavy atom. The molecular formula is C13H11NO5S2. The number of esters is 1. The van der Waals surface area contributed by atoms with Gasteiger partial charge in [0.25, 0.3) is 0 Å². The van der Waals surface area contributed by atoms with Crippen LogP contribution in [0.1, 0.15) is 20.0 Å². The molecule has 0 aliphatic rings. The van der Waals surface area contributed by atoms with Crippen LogP contribution in [0.2, 0.25) is 0 Å². The van der Waals surface area contributed by atoms with E-state index in [-0.39, 0.29) is 5.56 Å². The van der Waals surface area contributed by atoms with Gasteiger partial charge in [-0.25, -0.2) is 13.8 Å². The number of carboxylic acid groups (broad SMARTS) is 1. The zero-order chi connectivity index (χ0) is 15.4. The van der Waals surface area contributed by atoms with Crippen LogP contribution in [0.25, 0.3) is 0 Å². The molecule has 0 saturated carbocycles. The molecule has 0 aliphatic heterocycles. The fourth-order valence-corrected chi connectivity index (χ4v) is 3.30.